The molecule has 1 heterocycles. The number of esters is 1. The molecule has 0 radical (unpaired) electrons. The molecule has 0 saturated heterocycles. The van der Waals surface area contributed by atoms with Gasteiger partial charge in [-0.25, -0.2) is 9.78 Å². The first-order valence-corrected chi connectivity index (χ1v) is 8.32. The first kappa shape index (κ1) is 16.8. The zero-order valence-corrected chi connectivity index (χ0v) is 14.1. The average molecular weight is 333 g/mol. The van der Waals surface area contributed by atoms with Gasteiger partial charge in [-0.1, -0.05) is 61.9 Å². The zero-order valence-electron chi connectivity index (χ0n) is 14.1. The number of nitrogens with zero attached hydrogens (tertiary/aromatic N) is 1. The summed E-state index contributed by atoms with van der Waals surface area (Å²) in [7, 11) is 0. The summed E-state index contributed by atoms with van der Waals surface area (Å²) in [5.74, 6) is -0.820. The number of rotatable bonds is 6. The molecule has 126 valence electrons. The van der Waals surface area contributed by atoms with Gasteiger partial charge in [0.05, 0.1) is 5.52 Å². The maximum Gasteiger partial charge on any atom is 0.357 e. The van der Waals surface area contributed by atoms with Crippen LogP contribution in [0, 0.1) is 0 Å². The first-order valence-electron chi connectivity index (χ1n) is 8.32. The number of ether oxygens (including phenoxy) is 1. The highest BCUT2D eigenvalue weighted by atomic mass is 16.5. The number of hydrogen-bond donors (Lipinski definition) is 0. The van der Waals surface area contributed by atoms with Crippen LogP contribution in [0.2, 0.25) is 0 Å². The molecular formula is C21H19NO3. The van der Waals surface area contributed by atoms with Crippen molar-refractivity contribution in [2.75, 3.05) is 6.61 Å². The van der Waals surface area contributed by atoms with E-state index in [0.717, 1.165) is 23.7 Å². The minimum absolute atomic E-state index is 0.199. The number of carbonyl (C=O) groups excluding carboxylic acids is 2. The number of aromatic nitrogens is 1. The van der Waals surface area contributed by atoms with Crippen molar-refractivity contribution in [1.29, 1.82) is 0 Å². The Bertz CT molecular complexity index is 900. The highest BCUT2D eigenvalue weighted by molar-refractivity contribution is 5.99. The van der Waals surface area contributed by atoms with E-state index in [-0.39, 0.29) is 18.1 Å². The van der Waals surface area contributed by atoms with Crippen LogP contribution in [0.3, 0.4) is 0 Å². The van der Waals surface area contributed by atoms with Gasteiger partial charge in [-0.2, -0.15) is 0 Å². The molecule has 0 atom stereocenters. The van der Waals surface area contributed by atoms with Gasteiger partial charge >= 0.3 is 5.97 Å². The maximum absolute atomic E-state index is 12.2. The van der Waals surface area contributed by atoms with E-state index >= 15 is 0 Å². The lowest BCUT2D eigenvalue weighted by Gasteiger charge is -2.06. The Morgan fingerprint density at radius 1 is 0.960 bits per heavy atom. The SMILES string of the molecule is CCCc1ccc(C(=O)COC(=O)c2ccc3ccccc3n2)cc1. The topological polar surface area (TPSA) is 56.3 Å². The molecule has 3 rings (SSSR count). The van der Waals surface area contributed by atoms with Crippen molar-refractivity contribution in [3.05, 3.63) is 77.5 Å². The largest absolute Gasteiger partial charge is 0.453 e. The number of carbonyl (C=O) groups is 2. The molecule has 0 saturated carbocycles. The van der Waals surface area contributed by atoms with E-state index in [0.29, 0.717) is 5.56 Å². The molecule has 0 aliphatic carbocycles. The van der Waals surface area contributed by atoms with E-state index in [1.54, 1.807) is 18.2 Å². The smallest absolute Gasteiger partial charge is 0.357 e. The van der Waals surface area contributed by atoms with Gasteiger partial charge in [-0.05, 0) is 24.1 Å². The van der Waals surface area contributed by atoms with Gasteiger partial charge in [-0.15, -0.1) is 0 Å². The van der Waals surface area contributed by atoms with Crippen LogP contribution in [0.5, 0.6) is 0 Å². The maximum atomic E-state index is 12.2. The molecule has 25 heavy (non-hydrogen) atoms. The molecule has 4 nitrogen and oxygen atoms in total. The summed E-state index contributed by atoms with van der Waals surface area (Å²) in [5.41, 5.74) is 2.65. The van der Waals surface area contributed by atoms with Crippen LogP contribution in [-0.2, 0) is 11.2 Å². The van der Waals surface area contributed by atoms with Gasteiger partial charge in [-0.3, -0.25) is 4.79 Å². The van der Waals surface area contributed by atoms with Crippen molar-refractivity contribution in [1.82, 2.24) is 4.98 Å². The predicted octanol–water partition coefficient (Wildman–Crippen LogP) is 4.23. The van der Waals surface area contributed by atoms with Crippen LogP contribution in [0.1, 0.15) is 39.8 Å². The van der Waals surface area contributed by atoms with Crippen LogP contribution in [-0.4, -0.2) is 23.3 Å². The van der Waals surface area contributed by atoms with Gasteiger partial charge in [0.15, 0.2) is 12.4 Å². The van der Waals surface area contributed by atoms with Crippen LogP contribution in [0.15, 0.2) is 60.7 Å². The molecule has 4 heteroatoms. The normalized spacial score (nSPS) is 10.6. The Labute approximate surface area is 146 Å². The monoisotopic (exact) mass is 333 g/mol. The first-order chi connectivity index (χ1) is 12.2. The Morgan fingerprint density at radius 3 is 2.48 bits per heavy atom. The van der Waals surface area contributed by atoms with Crippen LogP contribution in [0.4, 0.5) is 0 Å². The van der Waals surface area contributed by atoms with Crippen LogP contribution in [0.25, 0.3) is 10.9 Å². The van der Waals surface area contributed by atoms with Crippen molar-refractivity contribution in [2.45, 2.75) is 19.8 Å². The van der Waals surface area contributed by atoms with Crippen LogP contribution >= 0.6 is 0 Å². The molecule has 0 aliphatic heterocycles. The Kier molecular flexibility index (Phi) is 5.19. The summed E-state index contributed by atoms with van der Waals surface area (Å²) in [6.45, 7) is 1.82. The molecular weight excluding hydrogens is 314 g/mol. The summed E-state index contributed by atoms with van der Waals surface area (Å²) in [6, 6.07) is 18.3. The lowest BCUT2D eigenvalue weighted by Crippen LogP contribution is -2.15. The summed E-state index contributed by atoms with van der Waals surface area (Å²) in [4.78, 5) is 28.6. The minimum atomic E-state index is -0.596. The van der Waals surface area contributed by atoms with Gasteiger partial charge in [0.1, 0.15) is 5.69 Å². The number of ketones is 1. The van der Waals surface area contributed by atoms with E-state index in [2.05, 4.69) is 11.9 Å². The van der Waals surface area contributed by atoms with Crippen LogP contribution < -0.4 is 0 Å². The third-order valence-corrected chi connectivity index (χ3v) is 3.96. The number of hydrogen-bond acceptors (Lipinski definition) is 4. The summed E-state index contributed by atoms with van der Waals surface area (Å²) in [6.07, 6.45) is 2.04. The van der Waals surface area contributed by atoms with E-state index in [9.17, 15) is 9.59 Å². The molecule has 3 aromatic rings. The molecule has 0 aliphatic rings. The molecule has 1 aromatic heterocycles. The van der Waals surface area contributed by atoms with Gasteiger partial charge in [0.25, 0.3) is 0 Å². The number of para-hydroxylation sites is 1. The van der Waals surface area contributed by atoms with Gasteiger partial charge in [0, 0.05) is 10.9 Å². The zero-order chi connectivity index (χ0) is 17.6. The third-order valence-electron chi connectivity index (χ3n) is 3.96. The molecule has 0 fully saturated rings. The molecule has 0 unspecified atom stereocenters. The Balaban J connectivity index is 1.63. The minimum Gasteiger partial charge on any atom is -0.453 e. The van der Waals surface area contributed by atoms with Crippen molar-refractivity contribution >= 4 is 22.7 Å². The summed E-state index contributed by atoms with van der Waals surface area (Å²) < 4.78 is 5.12. The summed E-state index contributed by atoms with van der Waals surface area (Å²) in [5, 5.41) is 0.947. The standard InChI is InChI=1S/C21H19NO3/c1-2-5-15-8-10-17(11-9-15)20(23)14-25-21(24)19-13-12-16-6-3-4-7-18(16)22-19/h3-4,6-13H,2,5,14H2,1H3. The predicted molar refractivity (Wildman–Crippen MR) is 96.8 cm³/mol. The van der Waals surface area contributed by atoms with Gasteiger partial charge in [0.2, 0.25) is 0 Å². The van der Waals surface area contributed by atoms with Crippen molar-refractivity contribution in [2.24, 2.45) is 0 Å². The molecule has 2 aromatic carbocycles. The highest BCUT2D eigenvalue weighted by Gasteiger charge is 2.13. The Hall–Kier alpha value is -3.01. The second-order valence-electron chi connectivity index (χ2n) is 5.84. The molecule has 0 N–H and O–H groups in total. The van der Waals surface area contributed by atoms with E-state index in [1.165, 1.54) is 5.56 Å². The second kappa shape index (κ2) is 7.71. The van der Waals surface area contributed by atoms with Gasteiger partial charge < -0.3 is 4.74 Å². The Morgan fingerprint density at radius 2 is 1.72 bits per heavy atom. The quantitative estimate of drug-likeness (QED) is 0.500. The second-order valence-corrected chi connectivity index (χ2v) is 5.84. The number of pyridine rings is 1. The lowest BCUT2D eigenvalue weighted by atomic mass is 10.1. The number of benzene rings is 2. The fraction of sp³-hybridized carbons (Fsp3) is 0.190. The fourth-order valence-electron chi connectivity index (χ4n) is 2.61. The number of aryl methyl sites for hydroxylation is 1. The van der Waals surface area contributed by atoms with Crippen molar-refractivity contribution < 1.29 is 14.3 Å². The number of Topliss-reactive ketones (excluding diaryl/α,β-unsaturated/α-hetero) is 1. The van der Waals surface area contributed by atoms with E-state index < -0.39 is 5.97 Å². The highest BCUT2D eigenvalue weighted by Crippen LogP contribution is 2.13. The van der Waals surface area contributed by atoms with Crippen molar-refractivity contribution in [3.8, 4) is 0 Å². The third kappa shape index (κ3) is 4.10. The van der Waals surface area contributed by atoms with Crippen molar-refractivity contribution in [3.63, 3.8) is 0 Å². The lowest BCUT2D eigenvalue weighted by molar-refractivity contribution is 0.0469. The van der Waals surface area contributed by atoms with E-state index in [1.807, 2.05) is 42.5 Å². The molecule has 0 bridgehead atoms. The molecule has 0 spiro atoms. The summed E-state index contributed by atoms with van der Waals surface area (Å²) >= 11 is 0. The average Bonchev–Trinajstić information content (AvgIpc) is 2.66. The fourth-order valence-corrected chi connectivity index (χ4v) is 2.61. The molecule has 0 amide bonds. The number of fused-ring (bicyclic) bond motifs is 1. The van der Waals surface area contributed by atoms with E-state index in [4.69, 9.17) is 4.74 Å².